The van der Waals surface area contributed by atoms with Crippen LogP contribution < -0.4 is 4.90 Å². The molecule has 2 heterocycles. The first-order valence-corrected chi connectivity index (χ1v) is 7.54. The van der Waals surface area contributed by atoms with E-state index >= 15 is 0 Å². The van der Waals surface area contributed by atoms with Gasteiger partial charge in [-0.2, -0.15) is 11.3 Å². The molecule has 0 radical (unpaired) electrons. The van der Waals surface area contributed by atoms with Crippen molar-refractivity contribution >= 4 is 40.5 Å². The zero-order valence-corrected chi connectivity index (χ0v) is 11.9. The number of rotatable bonds is 4. The summed E-state index contributed by atoms with van der Waals surface area (Å²) in [4.78, 5) is 10.6. The van der Waals surface area contributed by atoms with Crippen LogP contribution in [0.5, 0.6) is 0 Å². The van der Waals surface area contributed by atoms with Crippen molar-refractivity contribution < 1.29 is 0 Å². The van der Waals surface area contributed by atoms with Crippen LogP contribution in [-0.4, -0.2) is 23.3 Å². The Labute approximate surface area is 114 Å². The summed E-state index contributed by atoms with van der Waals surface area (Å²) in [7, 11) is 2.00. The molecule has 0 aromatic carbocycles. The van der Waals surface area contributed by atoms with Crippen molar-refractivity contribution in [3.8, 4) is 0 Å². The zero-order chi connectivity index (χ0) is 12.3. The van der Waals surface area contributed by atoms with Crippen LogP contribution in [0.4, 0.5) is 5.82 Å². The molecule has 0 aliphatic heterocycles. The first-order valence-electron chi connectivity index (χ1n) is 5.00. The van der Waals surface area contributed by atoms with Gasteiger partial charge in [-0.25, -0.2) is 9.97 Å². The van der Waals surface area contributed by atoms with E-state index < -0.39 is 0 Å². The van der Waals surface area contributed by atoms with Crippen molar-refractivity contribution in [2.75, 3.05) is 18.2 Å². The lowest BCUT2D eigenvalue weighted by Gasteiger charge is -2.17. The number of nitrogens with zero attached hydrogens (tertiary/aromatic N) is 3. The van der Waals surface area contributed by atoms with Gasteiger partial charge in [-0.1, -0.05) is 23.4 Å². The third kappa shape index (κ3) is 3.34. The molecule has 0 saturated heterocycles. The first kappa shape index (κ1) is 12.7. The number of aromatic nitrogens is 2. The monoisotopic (exact) mass is 285 g/mol. The van der Waals surface area contributed by atoms with Gasteiger partial charge in [0.05, 0.1) is 0 Å². The lowest BCUT2D eigenvalue weighted by molar-refractivity contribution is 0.859. The van der Waals surface area contributed by atoms with E-state index in [0.29, 0.717) is 10.3 Å². The van der Waals surface area contributed by atoms with Crippen molar-refractivity contribution in [2.45, 2.75) is 11.7 Å². The summed E-state index contributed by atoms with van der Waals surface area (Å²) < 4.78 is 0. The summed E-state index contributed by atoms with van der Waals surface area (Å²) >= 11 is 9.15. The lowest BCUT2D eigenvalue weighted by Crippen LogP contribution is -2.17. The molecule has 2 aromatic heterocycles. The highest BCUT2D eigenvalue weighted by Gasteiger charge is 2.07. The fraction of sp³-hybridized carbons (Fsp3) is 0.273. The molecule has 0 spiro atoms. The van der Waals surface area contributed by atoms with Crippen molar-refractivity contribution in [1.29, 1.82) is 0 Å². The van der Waals surface area contributed by atoms with Gasteiger partial charge in [0.15, 0.2) is 5.16 Å². The molecule has 0 atom stereocenters. The average Bonchev–Trinajstić information content (AvgIpc) is 2.81. The maximum atomic E-state index is 5.97. The molecule has 17 heavy (non-hydrogen) atoms. The zero-order valence-electron chi connectivity index (χ0n) is 9.55. The highest BCUT2D eigenvalue weighted by atomic mass is 35.5. The summed E-state index contributed by atoms with van der Waals surface area (Å²) in [5, 5.41) is 5.39. The first-order chi connectivity index (χ1) is 8.19. The summed E-state index contributed by atoms with van der Waals surface area (Å²) in [6.45, 7) is 0.824. The van der Waals surface area contributed by atoms with Gasteiger partial charge in [-0.05, 0) is 28.6 Å². The summed E-state index contributed by atoms with van der Waals surface area (Å²) in [5.74, 6) is 0.848. The quantitative estimate of drug-likeness (QED) is 0.488. The van der Waals surface area contributed by atoms with Gasteiger partial charge in [0, 0.05) is 19.7 Å². The van der Waals surface area contributed by atoms with Crippen LogP contribution in [0.1, 0.15) is 5.56 Å². The molecule has 0 amide bonds. The van der Waals surface area contributed by atoms with Crippen LogP contribution in [0.2, 0.25) is 5.15 Å². The third-order valence-corrected chi connectivity index (χ3v) is 3.71. The number of anilines is 1. The van der Waals surface area contributed by atoms with E-state index in [1.54, 1.807) is 17.4 Å². The number of thioether (sulfide) groups is 1. The Balaban J connectivity index is 2.18. The van der Waals surface area contributed by atoms with Crippen LogP contribution in [0.25, 0.3) is 0 Å². The van der Waals surface area contributed by atoms with Gasteiger partial charge in [-0.15, -0.1) is 0 Å². The third-order valence-electron chi connectivity index (χ3n) is 2.23. The molecule has 90 valence electrons. The summed E-state index contributed by atoms with van der Waals surface area (Å²) in [6.07, 6.45) is 1.94. The summed E-state index contributed by atoms with van der Waals surface area (Å²) in [6, 6.07) is 3.90. The van der Waals surface area contributed by atoms with Crippen LogP contribution >= 0.6 is 34.7 Å². The predicted molar refractivity (Wildman–Crippen MR) is 75.2 cm³/mol. The van der Waals surface area contributed by atoms with E-state index in [-0.39, 0.29) is 0 Å². The van der Waals surface area contributed by atoms with E-state index in [0.717, 1.165) is 12.4 Å². The number of hydrogen-bond acceptors (Lipinski definition) is 5. The van der Waals surface area contributed by atoms with Crippen LogP contribution in [0.15, 0.2) is 28.0 Å². The van der Waals surface area contributed by atoms with Crippen molar-refractivity contribution in [2.24, 2.45) is 0 Å². The van der Waals surface area contributed by atoms with E-state index in [4.69, 9.17) is 11.6 Å². The lowest BCUT2D eigenvalue weighted by atomic mass is 10.3. The highest BCUT2D eigenvalue weighted by Crippen LogP contribution is 2.21. The molecule has 0 aliphatic rings. The second-order valence-corrected chi connectivity index (χ2v) is 5.46. The molecular formula is C11H12ClN3S2. The van der Waals surface area contributed by atoms with Gasteiger partial charge in [0.25, 0.3) is 0 Å². The number of hydrogen-bond donors (Lipinski definition) is 0. The Morgan fingerprint density at radius 3 is 2.94 bits per heavy atom. The minimum absolute atomic E-state index is 0.483. The van der Waals surface area contributed by atoms with Crippen LogP contribution in [0.3, 0.4) is 0 Å². The smallest absolute Gasteiger partial charge is 0.190 e. The Hall–Kier alpha value is -0.780. The molecule has 0 fully saturated rings. The van der Waals surface area contributed by atoms with Gasteiger partial charge >= 0.3 is 0 Å². The van der Waals surface area contributed by atoms with Gasteiger partial charge in [0.2, 0.25) is 0 Å². The van der Waals surface area contributed by atoms with Crippen LogP contribution in [-0.2, 0) is 6.54 Å². The predicted octanol–water partition coefficient (Wildman–Crippen LogP) is 3.55. The van der Waals surface area contributed by atoms with Crippen molar-refractivity contribution in [3.63, 3.8) is 0 Å². The molecule has 2 aromatic rings. The van der Waals surface area contributed by atoms with Crippen LogP contribution in [0, 0.1) is 0 Å². The highest BCUT2D eigenvalue weighted by molar-refractivity contribution is 7.98. The normalized spacial score (nSPS) is 10.5. The van der Waals surface area contributed by atoms with Gasteiger partial charge in [-0.3, -0.25) is 0 Å². The molecule has 0 bridgehead atoms. The molecule has 2 rings (SSSR count). The molecule has 6 heteroatoms. The molecule has 0 aliphatic carbocycles. The van der Waals surface area contributed by atoms with Gasteiger partial charge < -0.3 is 4.90 Å². The maximum absolute atomic E-state index is 5.97. The Morgan fingerprint density at radius 2 is 2.29 bits per heavy atom. The van der Waals surface area contributed by atoms with E-state index in [9.17, 15) is 0 Å². The molecule has 0 N–H and O–H groups in total. The number of halogens is 1. The number of thiophene rings is 1. The second-order valence-electron chi connectivity index (χ2n) is 3.52. The topological polar surface area (TPSA) is 29.0 Å². The Kier molecular flexibility index (Phi) is 4.25. The average molecular weight is 286 g/mol. The molecule has 3 nitrogen and oxygen atoms in total. The SMILES string of the molecule is CSc1nc(Cl)cc(N(C)Cc2ccsc2)n1. The minimum atomic E-state index is 0.483. The minimum Gasteiger partial charge on any atom is -0.355 e. The fourth-order valence-corrected chi connectivity index (χ4v) is 2.67. The van der Waals surface area contributed by atoms with Crippen molar-refractivity contribution in [3.05, 3.63) is 33.6 Å². The Bertz CT molecular complexity index is 487. The van der Waals surface area contributed by atoms with E-state index in [1.807, 2.05) is 13.3 Å². The molecule has 0 unspecified atom stereocenters. The standard InChI is InChI=1S/C11H12ClN3S2/c1-15(6-8-3-4-17-7-8)10-5-9(12)13-11(14-10)16-2/h3-5,7H,6H2,1-2H3. The second kappa shape index (κ2) is 5.71. The molecule has 0 saturated carbocycles. The largest absolute Gasteiger partial charge is 0.355 e. The van der Waals surface area contributed by atoms with Gasteiger partial charge in [0.1, 0.15) is 11.0 Å². The molecular weight excluding hydrogens is 274 g/mol. The maximum Gasteiger partial charge on any atom is 0.190 e. The Morgan fingerprint density at radius 1 is 1.47 bits per heavy atom. The van der Waals surface area contributed by atoms with E-state index in [2.05, 4.69) is 31.7 Å². The fourth-order valence-electron chi connectivity index (χ4n) is 1.41. The summed E-state index contributed by atoms with van der Waals surface area (Å²) in [5.41, 5.74) is 1.28. The van der Waals surface area contributed by atoms with Crippen molar-refractivity contribution in [1.82, 2.24) is 9.97 Å². The van der Waals surface area contributed by atoms with E-state index in [1.165, 1.54) is 17.3 Å².